The smallest absolute Gasteiger partial charge is 0.319 e. The lowest BCUT2D eigenvalue weighted by Gasteiger charge is -2.27. The number of ketones is 1. The van der Waals surface area contributed by atoms with E-state index in [0.717, 1.165) is 5.56 Å². The Kier molecular flexibility index (Phi) is 5.09. The van der Waals surface area contributed by atoms with Crippen molar-refractivity contribution in [2.45, 2.75) is 19.9 Å². The predicted molar refractivity (Wildman–Crippen MR) is 98.0 cm³/mol. The van der Waals surface area contributed by atoms with E-state index in [9.17, 15) is 14.4 Å². The molecule has 2 aromatic rings. The summed E-state index contributed by atoms with van der Waals surface area (Å²) in [7, 11) is 0. The first-order valence-corrected chi connectivity index (χ1v) is 8.68. The molecule has 0 saturated carbocycles. The Labute approximate surface area is 156 Å². The number of Topliss-reactive ketones (excluding diaryl/α,β-unsaturated/α-hetero) is 1. The van der Waals surface area contributed by atoms with Gasteiger partial charge in [0.05, 0.1) is 12.6 Å². The van der Waals surface area contributed by atoms with Crippen molar-refractivity contribution in [3.63, 3.8) is 0 Å². The fourth-order valence-electron chi connectivity index (χ4n) is 3.12. The van der Waals surface area contributed by atoms with Gasteiger partial charge in [-0.05, 0) is 43.7 Å². The highest BCUT2D eigenvalue weighted by molar-refractivity contribution is 6.47. The zero-order chi connectivity index (χ0) is 18.8. The fraction of sp³-hybridized carbons (Fsp3) is 0.250. The molecule has 0 unspecified atom stereocenters. The third-order valence-corrected chi connectivity index (χ3v) is 4.62. The van der Waals surface area contributed by atoms with E-state index in [1.54, 1.807) is 43.3 Å². The van der Waals surface area contributed by atoms with Crippen molar-refractivity contribution in [3.05, 3.63) is 64.7 Å². The van der Waals surface area contributed by atoms with Gasteiger partial charge >= 0.3 is 5.97 Å². The molecule has 26 heavy (non-hydrogen) atoms. The molecule has 2 atom stereocenters. The van der Waals surface area contributed by atoms with Crippen LogP contribution in [0.2, 0.25) is 5.02 Å². The molecule has 0 aliphatic carbocycles. The maximum Gasteiger partial charge on any atom is 0.319 e. The highest BCUT2D eigenvalue weighted by Crippen LogP contribution is 2.40. The zero-order valence-corrected chi connectivity index (χ0v) is 15.2. The average molecular weight is 372 g/mol. The molecule has 0 aromatic heterocycles. The standard InChI is InChI=1S/C20H18ClNO4/c1-3-26-20(25)16-17(13-6-8-14(21)9-7-13)22(19(24)18(16)23)15-10-4-12(2)5-11-15/h4-11,16-17H,3H2,1-2H3/t16-,17-/m0/s1. The van der Waals surface area contributed by atoms with E-state index in [1.807, 2.05) is 19.1 Å². The van der Waals surface area contributed by atoms with Crippen LogP contribution in [0.1, 0.15) is 24.1 Å². The second-order valence-corrected chi connectivity index (χ2v) is 6.54. The number of hydrogen-bond acceptors (Lipinski definition) is 4. The van der Waals surface area contributed by atoms with E-state index in [-0.39, 0.29) is 6.61 Å². The van der Waals surface area contributed by atoms with Gasteiger partial charge in [-0.15, -0.1) is 0 Å². The molecule has 0 bridgehead atoms. The quantitative estimate of drug-likeness (QED) is 0.469. The average Bonchev–Trinajstić information content (AvgIpc) is 2.88. The summed E-state index contributed by atoms with van der Waals surface area (Å²) in [5, 5.41) is 0.527. The molecule has 2 aromatic carbocycles. The second kappa shape index (κ2) is 7.30. The summed E-state index contributed by atoms with van der Waals surface area (Å²) >= 11 is 5.96. The summed E-state index contributed by atoms with van der Waals surface area (Å²) in [6.45, 7) is 3.72. The Hall–Kier alpha value is -2.66. The minimum Gasteiger partial charge on any atom is -0.465 e. The van der Waals surface area contributed by atoms with Crippen LogP contribution >= 0.6 is 11.6 Å². The largest absolute Gasteiger partial charge is 0.465 e. The van der Waals surface area contributed by atoms with Gasteiger partial charge in [0.25, 0.3) is 5.91 Å². The molecule has 1 saturated heterocycles. The van der Waals surface area contributed by atoms with Crippen LogP contribution in [0.15, 0.2) is 48.5 Å². The highest BCUT2D eigenvalue weighted by Gasteiger charge is 2.53. The summed E-state index contributed by atoms with van der Waals surface area (Å²) in [5.74, 6) is -3.37. The number of amides is 1. The second-order valence-electron chi connectivity index (χ2n) is 6.10. The Morgan fingerprint density at radius 2 is 1.69 bits per heavy atom. The lowest BCUT2D eigenvalue weighted by molar-refractivity contribution is -0.152. The Bertz CT molecular complexity index is 845. The van der Waals surface area contributed by atoms with E-state index in [4.69, 9.17) is 16.3 Å². The van der Waals surface area contributed by atoms with Crippen molar-refractivity contribution in [1.29, 1.82) is 0 Å². The van der Waals surface area contributed by atoms with Crippen molar-refractivity contribution >= 4 is 34.9 Å². The Balaban J connectivity index is 2.12. The van der Waals surface area contributed by atoms with Gasteiger partial charge < -0.3 is 4.74 Å². The van der Waals surface area contributed by atoms with E-state index in [2.05, 4.69) is 0 Å². The molecule has 5 nitrogen and oxygen atoms in total. The first-order chi connectivity index (χ1) is 12.4. The lowest BCUT2D eigenvalue weighted by Crippen LogP contribution is -2.31. The summed E-state index contributed by atoms with van der Waals surface area (Å²) in [6, 6.07) is 13.2. The fourth-order valence-corrected chi connectivity index (χ4v) is 3.25. The first kappa shape index (κ1) is 18.1. The predicted octanol–water partition coefficient (Wildman–Crippen LogP) is 3.48. The minimum atomic E-state index is -1.20. The van der Waals surface area contributed by atoms with Crippen LogP contribution in [0, 0.1) is 12.8 Å². The van der Waals surface area contributed by atoms with Gasteiger partial charge in [0, 0.05) is 10.7 Å². The molecule has 0 spiro atoms. The molecule has 3 rings (SSSR count). The van der Waals surface area contributed by atoms with E-state index >= 15 is 0 Å². The number of carbonyl (C=O) groups is 3. The number of esters is 1. The van der Waals surface area contributed by atoms with Crippen molar-refractivity contribution < 1.29 is 19.1 Å². The number of nitrogens with zero attached hydrogens (tertiary/aromatic N) is 1. The van der Waals surface area contributed by atoms with Crippen LogP contribution in [0.3, 0.4) is 0 Å². The summed E-state index contributed by atoms with van der Waals surface area (Å²) in [4.78, 5) is 39.1. The van der Waals surface area contributed by atoms with Gasteiger partial charge in [0.15, 0.2) is 0 Å². The van der Waals surface area contributed by atoms with Gasteiger partial charge in [-0.3, -0.25) is 19.3 Å². The molecule has 6 heteroatoms. The number of carbonyl (C=O) groups excluding carboxylic acids is 3. The summed E-state index contributed by atoms with van der Waals surface area (Å²) in [6.07, 6.45) is 0. The molecule has 0 radical (unpaired) electrons. The van der Waals surface area contributed by atoms with Gasteiger partial charge in [-0.1, -0.05) is 41.4 Å². The van der Waals surface area contributed by atoms with Crippen molar-refractivity contribution in [2.24, 2.45) is 5.92 Å². The molecular formula is C20H18ClNO4. The molecule has 1 heterocycles. The minimum absolute atomic E-state index is 0.134. The van der Waals surface area contributed by atoms with E-state index in [0.29, 0.717) is 16.3 Å². The van der Waals surface area contributed by atoms with Crippen molar-refractivity contribution in [3.8, 4) is 0 Å². The van der Waals surface area contributed by atoms with E-state index < -0.39 is 29.6 Å². The molecule has 1 aliphatic heterocycles. The number of rotatable bonds is 4. The number of benzene rings is 2. The molecule has 134 valence electrons. The molecule has 1 fully saturated rings. The Morgan fingerprint density at radius 3 is 2.27 bits per heavy atom. The maximum atomic E-state index is 12.7. The van der Waals surface area contributed by atoms with Crippen LogP contribution in [-0.4, -0.2) is 24.3 Å². The molecule has 1 amide bonds. The topological polar surface area (TPSA) is 63.7 Å². The molecular weight excluding hydrogens is 354 g/mol. The Morgan fingerprint density at radius 1 is 1.08 bits per heavy atom. The monoisotopic (exact) mass is 371 g/mol. The van der Waals surface area contributed by atoms with E-state index in [1.165, 1.54) is 4.90 Å². The number of halogens is 1. The maximum absolute atomic E-state index is 12.7. The number of aryl methyl sites for hydroxylation is 1. The van der Waals surface area contributed by atoms with Gasteiger partial charge in [0.1, 0.15) is 5.92 Å². The normalized spacial score (nSPS) is 19.7. The van der Waals surface area contributed by atoms with Crippen LogP contribution in [0.5, 0.6) is 0 Å². The zero-order valence-electron chi connectivity index (χ0n) is 14.4. The first-order valence-electron chi connectivity index (χ1n) is 8.30. The van der Waals surface area contributed by atoms with Crippen molar-refractivity contribution in [1.82, 2.24) is 0 Å². The van der Waals surface area contributed by atoms with Crippen molar-refractivity contribution in [2.75, 3.05) is 11.5 Å². The van der Waals surface area contributed by atoms with Gasteiger partial charge in [-0.2, -0.15) is 0 Å². The number of hydrogen-bond donors (Lipinski definition) is 0. The van der Waals surface area contributed by atoms with Gasteiger partial charge in [-0.25, -0.2) is 0 Å². The van der Waals surface area contributed by atoms with Crippen LogP contribution in [0.4, 0.5) is 5.69 Å². The molecule has 0 N–H and O–H groups in total. The van der Waals surface area contributed by atoms with Crippen LogP contribution < -0.4 is 4.90 Å². The number of ether oxygens (including phenoxy) is 1. The number of anilines is 1. The third-order valence-electron chi connectivity index (χ3n) is 4.37. The third kappa shape index (κ3) is 3.22. The summed E-state index contributed by atoms with van der Waals surface area (Å²) < 4.78 is 5.06. The molecule has 1 aliphatic rings. The van der Waals surface area contributed by atoms with Crippen LogP contribution in [-0.2, 0) is 19.1 Å². The SMILES string of the molecule is CCOC(=O)[C@@H]1C(=O)C(=O)N(c2ccc(C)cc2)[C@H]1c1ccc(Cl)cc1. The van der Waals surface area contributed by atoms with Gasteiger partial charge in [0.2, 0.25) is 5.78 Å². The van der Waals surface area contributed by atoms with Crippen LogP contribution in [0.25, 0.3) is 0 Å². The summed E-state index contributed by atoms with van der Waals surface area (Å²) in [5.41, 5.74) is 2.23. The highest BCUT2D eigenvalue weighted by atomic mass is 35.5. The lowest BCUT2D eigenvalue weighted by atomic mass is 9.92.